The number of nitrogens with zero attached hydrogens (tertiary/aromatic N) is 1. The lowest BCUT2D eigenvalue weighted by Crippen LogP contribution is -2.28. The van der Waals surface area contributed by atoms with Crippen LogP contribution in [0.2, 0.25) is 10.0 Å². The largest absolute Gasteiger partial charge is 0.262 e. The average molecular weight is 436 g/mol. The predicted molar refractivity (Wildman–Crippen MR) is 113 cm³/mol. The zero-order valence-corrected chi connectivity index (χ0v) is 16.9. The Bertz CT molecular complexity index is 1120. The first-order valence-corrected chi connectivity index (χ1v) is 10.6. The Balaban J connectivity index is 1.99. The number of hydrogen-bond donors (Lipinski definition) is 0. The summed E-state index contributed by atoms with van der Waals surface area (Å²) in [5.74, 6) is -0.435. The molecule has 0 aliphatic rings. The van der Waals surface area contributed by atoms with Gasteiger partial charge in [0.25, 0.3) is 10.0 Å². The monoisotopic (exact) mass is 435 g/mol. The average Bonchev–Trinajstić information content (AvgIpc) is 2.65. The first-order valence-electron chi connectivity index (χ1n) is 8.30. The van der Waals surface area contributed by atoms with Crippen LogP contribution in [0, 0.1) is 5.82 Å². The molecule has 0 amide bonds. The van der Waals surface area contributed by atoms with Gasteiger partial charge < -0.3 is 0 Å². The SMILES string of the molecule is O=S(=O)(C=Cc1cccc(Cl)c1)N(Cc1cccc(F)c1)c1cccc(Cl)c1. The van der Waals surface area contributed by atoms with Crippen molar-refractivity contribution in [3.05, 3.63) is 105 Å². The van der Waals surface area contributed by atoms with Crippen molar-refractivity contribution in [1.29, 1.82) is 0 Å². The second-order valence-electron chi connectivity index (χ2n) is 6.02. The van der Waals surface area contributed by atoms with E-state index in [9.17, 15) is 12.8 Å². The third kappa shape index (κ3) is 5.35. The molecule has 0 spiro atoms. The highest BCUT2D eigenvalue weighted by molar-refractivity contribution is 7.95. The molecule has 0 aliphatic carbocycles. The zero-order chi connectivity index (χ0) is 20.1. The molecule has 3 rings (SSSR count). The van der Waals surface area contributed by atoms with E-state index in [4.69, 9.17) is 23.2 Å². The van der Waals surface area contributed by atoms with Gasteiger partial charge in [-0.2, -0.15) is 0 Å². The Morgan fingerprint density at radius 2 is 1.57 bits per heavy atom. The molecular formula is C21H16Cl2FNO2S. The number of anilines is 1. The minimum absolute atomic E-state index is 0.0413. The summed E-state index contributed by atoms with van der Waals surface area (Å²) in [4.78, 5) is 0. The quantitative estimate of drug-likeness (QED) is 0.466. The summed E-state index contributed by atoms with van der Waals surface area (Å²) < 4.78 is 40.9. The van der Waals surface area contributed by atoms with Crippen LogP contribution < -0.4 is 4.31 Å². The molecule has 0 aromatic heterocycles. The number of benzene rings is 3. The van der Waals surface area contributed by atoms with Gasteiger partial charge in [0, 0.05) is 10.0 Å². The molecule has 0 saturated heterocycles. The number of halogens is 3. The van der Waals surface area contributed by atoms with Crippen LogP contribution in [0.1, 0.15) is 11.1 Å². The second kappa shape index (κ2) is 8.78. The van der Waals surface area contributed by atoms with Crippen LogP contribution in [-0.4, -0.2) is 8.42 Å². The van der Waals surface area contributed by atoms with Crippen molar-refractivity contribution in [3.8, 4) is 0 Å². The topological polar surface area (TPSA) is 37.4 Å². The van der Waals surface area contributed by atoms with E-state index >= 15 is 0 Å². The van der Waals surface area contributed by atoms with Gasteiger partial charge in [0.2, 0.25) is 0 Å². The van der Waals surface area contributed by atoms with E-state index in [-0.39, 0.29) is 6.54 Å². The lowest BCUT2D eigenvalue weighted by Gasteiger charge is -2.23. The van der Waals surface area contributed by atoms with Gasteiger partial charge in [-0.25, -0.2) is 12.8 Å². The predicted octanol–water partition coefficient (Wildman–Crippen LogP) is 6.14. The molecule has 28 heavy (non-hydrogen) atoms. The molecule has 0 fully saturated rings. The highest BCUT2D eigenvalue weighted by Crippen LogP contribution is 2.26. The molecular weight excluding hydrogens is 420 g/mol. The van der Waals surface area contributed by atoms with E-state index in [1.807, 2.05) is 0 Å². The maximum absolute atomic E-state index is 13.6. The molecule has 3 nitrogen and oxygen atoms in total. The van der Waals surface area contributed by atoms with Crippen LogP contribution >= 0.6 is 23.2 Å². The molecule has 0 N–H and O–H groups in total. The zero-order valence-electron chi connectivity index (χ0n) is 14.6. The van der Waals surface area contributed by atoms with Gasteiger partial charge in [-0.1, -0.05) is 53.5 Å². The maximum Gasteiger partial charge on any atom is 0.257 e. The van der Waals surface area contributed by atoms with E-state index in [1.165, 1.54) is 28.6 Å². The molecule has 144 valence electrons. The van der Waals surface area contributed by atoms with Crippen molar-refractivity contribution in [2.75, 3.05) is 4.31 Å². The summed E-state index contributed by atoms with van der Waals surface area (Å²) in [6.07, 6.45) is 1.46. The van der Waals surface area contributed by atoms with E-state index in [0.717, 1.165) is 5.41 Å². The first kappa shape index (κ1) is 20.4. The lowest BCUT2D eigenvalue weighted by atomic mass is 10.2. The van der Waals surface area contributed by atoms with E-state index in [1.54, 1.807) is 54.6 Å². The van der Waals surface area contributed by atoms with Crippen LogP contribution in [0.25, 0.3) is 6.08 Å². The Morgan fingerprint density at radius 1 is 0.893 bits per heavy atom. The minimum atomic E-state index is -3.89. The summed E-state index contributed by atoms with van der Waals surface area (Å²) in [6, 6.07) is 19.1. The van der Waals surface area contributed by atoms with Gasteiger partial charge in [0.1, 0.15) is 5.82 Å². The summed E-state index contributed by atoms with van der Waals surface area (Å²) in [5, 5.41) is 2.00. The molecule has 0 atom stereocenters. The van der Waals surface area contributed by atoms with Crippen LogP contribution in [0.5, 0.6) is 0 Å². The third-order valence-corrected chi connectivity index (χ3v) is 5.80. The van der Waals surface area contributed by atoms with Crippen molar-refractivity contribution >= 4 is 45.0 Å². The van der Waals surface area contributed by atoms with Crippen molar-refractivity contribution in [3.63, 3.8) is 0 Å². The van der Waals surface area contributed by atoms with Crippen LogP contribution in [-0.2, 0) is 16.6 Å². The van der Waals surface area contributed by atoms with Gasteiger partial charge in [-0.05, 0) is 59.7 Å². The number of sulfonamides is 1. The number of hydrogen-bond acceptors (Lipinski definition) is 2. The normalized spacial score (nSPS) is 11.7. The highest BCUT2D eigenvalue weighted by Gasteiger charge is 2.21. The standard InChI is InChI=1S/C21H16Cl2FNO2S/c22-18-6-1-4-16(12-18)10-11-28(26,27)25(21-9-3-7-19(23)14-21)15-17-5-2-8-20(24)13-17/h1-14H,15H2. The van der Waals surface area contributed by atoms with E-state index in [0.29, 0.717) is 26.9 Å². The fraction of sp³-hybridized carbons (Fsp3) is 0.0476. The molecule has 0 heterocycles. The Kier molecular flexibility index (Phi) is 6.39. The molecule has 0 unspecified atom stereocenters. The van der Waals surface area contributed by atoms with Crippen molar-refractivity contribution in [1.82, 2.24) is 0 Å². The van der Waals surface area contributed by atoms with Crippen molar-refractivity contribution < 1.29 is 12.8 Å². The molecule has 0 aliphatic heterocycles. The van der Waals surface area contributed by atoms with Gasteiger partial charge in [0.15, 0.2) is 0 Å². The molecule has 0 saturated carbocycles. The Morgan fingerprint density at radius 3 is 2.25 bits per heavy atom. The van der Waals surface area contributed by atoms with Gasteiger partial charge in [-0.3, -0.25) is 4.31 Å². The first-order chi connectivity index (χ1) is 13.3. The maximum atomic E-state index is 13.6. The van der Waals surface area contributed by atoms with Crippen LogP contribution in [0.4, 0.5) is 10.1 Å². The Hall–Kier alpha value is -2.34. The molecule has 3 aromatic rings. The summed E-state index contributed by atoms with van der Waals surface area (Å²) >= 11 is 12.0. The van der Waals surface area contributed by atoms with Crippen molar-refractivity contribution in [2.24, 2.45) is 0 Å². The third-order valence-electron chi connectivity index (χ3n) is 3.90. The van der Waals surface area contributed by atoms with Crippen molar-refractivity contribution in [2.45, 2.75) is 6.54 Å². The summed E-state index contributed by atoms with van der Waals surface area (Å²) in [5.41, 5.74) is 1.54. The summed E-state index contributed by atoms with van der Waals surface area (Å²) in [7, 11) is -3.89. The lowest BCUT2D eigenvalue weighted by molar-refractivity contribution is 0.598. The smallest absolute Gasteiger partial charge is 0.257 e. The van der Waals surface area contributed by atoms with Gasteiger partial charge >= 0.3 is 0 Å². The van der Waals surface area contributed by atoms with Crippen LogP contribution in [0.15, 0.2) is 78.2 Å². The molecule has 0 bridgehead atoms. The van der Waals surface area contributed by atoms with Gasteiger partial charge in [0.05, 0.1) is 17.6 Å². The minimum Gasteiger partial charge on any atom is -0.262 e. The number of rotatable bonds is 6. The van der Waals surface area contributed by atoms with E-state index in [2.05, 4.69) is 0 Å². The molecule has 3 aromatic carbocycles. The Labute approximate surface area is 173 Å². The highest BCUT2D eigenvalue weighted by atomic mass is 35.5. The fourth-order valence-electron chi connectivity index (χ4n) is 2.61. The van der Waals surface area contributed by atoms with Crippen LogP contribution in [0.3, 0.4) is 0 Å². The summed E-state index contributed by atoms with van der Waals surface area (Å²) in [6.45, 7) is -0.0413. The van der Waals surface area contributed by atoms with E-state index < -0.39 is 15.8 Å². The fourth-order valence-corrected chi connectivity index (χ4v) is 4.20. The van der Waals surface area contributed by atoms with Gasteiger partial charge in [-0.15, -0.1) is 0 Å². The molecule has 0 radical (unpaired) electrons. The molecule has 7 heteroatoms. The second-order valence-corrected chi connectivity index (χ2v) is 8.63.